The van der Waals surface area contributed by atoms with Crippen LogP contribution in [0.3, 0.4) is 0 Å². The zero-order chi connectivity index (χ0) is 13.2. The zero-order valence-electron chi connectivity index (χ0n) is 9.62. The van der Waals surface area contributed by atoms with Gasteiger partial charge in [0.2, 0.25) is 5.16 Å². The van der Waals surface area contributed by atoms with Crippen molar-refractivity contribution in [1.82, 2.24) is 19.6 Å². The lowest BCUT2D eigenvalue weighted by Gasteiger charge is -1.96. The van der Waals surface area contributed by atoms with Gasteiger partial charge < -0.3 is 0 Å². The second-order valence-electron chi connectivity index (χ2n) is 3.78. The highest BCUT2D eigenvalue weighted by Gasteiger charge is 2.09. The van der Waals surface area contributed by atoms with Crippen LogP contribution in [0.4, 0.5) is 0 Å². The SMILES string of the molecule is Clc1cc(Cl)n2n[14c](SCc3ccccc3)nc2n1. The van der Waals surface area contributed by atoms with Crippen molar-refractivity contribution in [2.75, 3.05) is 0 Å². The van der Waals surface area contributed by atoms with Gasteiger partial charge in [-0.3, -0.25) is 0 Å². The van der Waals surface area contributed by atoms with Gasteiger partial charge in [0.05, 0.1) is 0 Å². The van der Waals surface area contributed by atoms with Crippen molar-refractivity contribution in [1.29, 1.82) is 0 Å². The number of halogens is 2. The van der Waals surface area contributed by atoms with Crippen molar-refractivity contribution in [2.24, 2.45) is 0 Å². The molecule has 4 nitrogen and oxygen atoms in total. The molecule has 0 saturated heterocycles. The Bertz CT molecular complexity index is 714. The van der Waals surface area contributed by atoms with Crippen LogP contribution in [-0.4, -0.2) is 19.6 Å². The number of benzene rings is 1. The lowest BCUT2D eigenvalue weighted by atomic mass is 10.2. The molecule has 0 amide bonds. The topological polar surface area (TPSA) is 43.1 Å². The Labute approximate surface area is 123 Å². The van der Waals surface area contributed by atoms with Crippen molar-refractivity contribution >= 4 is 40.7 Å². The first-order chi connectivity index (χ1) is 9.22. The maximum Gasteiger partial charge on any atom is 0.256 e. The fraction of sp³-hybridized carbons (Fsp3) is 0.0833. The number of hydrogen-bond donors (Lipinski definition) is 0. The molecule has 0 bridgehead atoms. The average molecular weight is 313 g/mol. The van der Waals surface area contributed by atoms with Crippen LogP contribution in [0.2, 0.25) is 10.3 Å². The van der Waals surface area contributed by atoms with E-state index in [1.54, 1.807) is 0 Å². The molecular formula is C12H8Cl2N4S. The number of rotatable bonds is 3. The Hall–Kier alpha value is -1.30. The molecule has 96 valence electrons. The van der Waals surface area contributed by atoms with Gasteiger partial charge in [0.1, 0.15) is 10.3 Å². The van der Waals surface area contributed by atoms with E-state index in [2.05, 4.69) is 27.2 Å². The monoisotopic (exact) mass is 312 g/mol. The normalized spacial score (nSPS) is 11.1. The molecule has 2 aromatic heterocycles. The summed E-state index contributed by atoms with van der Waals surface area (Å²) < 4.78 is 1.47. The van der Waals surface area contributed by atoms with Crippen molar-refractivity contribution < 1.29 is 0 Å². The van der Waals surface area contributed by atoms with Gasteiger partial charge in [0, 0.05) is 11.8 Å². The molecule has 0 atom stereocenters. The Balaban J connectivity index is 1.84. The molecule has 0 radical (unpaired) electrons. The van der Waals surface area contributed by atoms with Gasteiger partial charge in [-0.1, -0.05) is 65.3 Å². The Morgan fingerprint density at radius 2 is 2.00 bits per heavy atom. The third kappa shape index (κ3) is 2.83. The summed E-state index contributed by atoms with van der Waals surface area (Å²) >= 11 is 13.4. The highest BCUT2D eigenvalue weighted by Crippen LogP contribution is 2.22. The van der Waals surface area contributed by atoms with E-state index in [0.717, 1.165) is 5.75 Å². The molecular weight excluding hydrogens is 305 g/mol. The van der Waals surface area contributed by atoms with Gasteiger partial charge in [-0.05, 0) is 5.56 Å². The van der Waals surface area contributed by atoms with Gasteiger partial charge >= 0.3 is 0 Å². The highest BCUT2D eigenvalue weighted by atomic mass is 35.5. The van der Waals surface area contributed by atoms with E-state index in [1.807, 2.05) is 18.2 Å². The number of thioether (sulfide) groups is 1. The predicted octanol–water partition coefficient (Wildman–Crippen LogP) is 3.72. The van der Waals surface area contributed by atoms with Gasteiger partial charge in [-0.2, -0.15) is 14.5 Å². The second kappa shape index (κ2) is 5.36. The largest absolute Gasteiger partial charge is 0.256 e. The van der Waals surface area contributed by atoms with E-state index in [-0.39, 0.29) is 0 Å². The summed E-state index contributed by atoms with van der Waals surface area (Å²) in [7, 11) is 0. The van der Waals surface area contributed by atoms with Gasteiger partial charge in [0.25, 0.3) is 5.78 Å². The Kier molecular flexibility index (Phi) is 3.59. The number of hydrogen-bond acceptors (Lipinski definition) is 4. The van der Waals surface area contributed by atoms with Crippen molar-refractivity contribution in [3.63, 3.8) is 0 Å². The van der Waals surface area contributed by atoms with Crippen molar-refractivity contribution in [3.05, 3.63) is 52.3 Å². The van der Waals surface area contributed by atoms with E-state index >= 15 is 0 Å². The van der Waals surface area contributed by atoms with Crippen LogP contribution < -0.4 is 0 Å². The number of fused-ring (bicyclic) bond motifs is 1. The summed E-state index contributed by atoms with van der Waals surface area (Å²) in [5.74, 6) is 1.20. The smallest absolute Gasteiger partial charge is 0.199 e. The predicted molar refractivity (Wildman–Crippen MR) is 76.8 cm³/mol. The van der Waals surface area contributed by atoms with E-state index in [0.29, 0.717) is 21.2 Å². The third-order valence-electron chi connectivity index (χ3n) is 2.43. The fourth-order valence-electron chi connectivity index (χ4n) is 1.57. The number of nitrogens with zero attached hydrogens (tertiary/aromatic N) is 4. The van der Waals surface area contributed by atoms with Gasteiger partial charge in [0.15, 0.2) is 0 Å². The van der Waals surface area contributed by atoms with Crippen LogP contribution in [-0.2, 0) is 5.75 Å². The maximum absolute atomic E-state index is 6.02. The first-order valence-electron chi connectivity index (χ1n) is 5.48. The van der Waals surface area contributed by atoms with Crippen LogP contribution in [0.15, 0.2) is 41.6 Å². The van der Waals surface area contributed by atoms with E-state index in [4.69, 9.17) is 23.2 Å². The molecule has 2 heterocycles. The Morgan fingerprint density at radius 3 is 2.79 bits per heavy atom. The van der Waals surface area contributed by atoms with E-state index in [9.17, 15) is 0 Å². The fourth-order valence-corrected chi connectivity index (χ4v) is 2.80. The lowest BCUT2D eigenvalue weighted by Crippen LogP contribution is -1.92. The molecule has 3 aromatic rings. The minimum absolute atomic E-state index is 0.310. The molecule has 0 aliphatic rings. The maximum atomic E-state index is 6.02. The average Bonchev–Trinajstić information content (AvgIpc) is 2.81. The van der Waals surface area contributed by atoms with Crippen LogP contribution >= 0.6 is 35.0 Å². The Morgan fingerprint density at radius 1 is 1.21 bits per heavy atom. The number of aromatic nitrogens is 4. The second-order valence-corrected chi connectivity index (χ2v) is 5.50. The van der Waals surface area contributed by atoms with Crippen LogP contribution in [0.1, 0.15) is 5.56 Å². The van der Waals surface area contributed by atoms with Crippen LogP contribution in [0.25, 0.3) is 5.78 Å². The molecule has 0 aliphatic heterocycles. The molecule has 1 aromatic carbocycles. The molecule has 7 heteroatoms. The standard InChI is InChI=1S/C12H8Cl2N4S/c13-9-6-10(14)18-11(15-9)16-12(17-18)19-7-8-4-2-1-3-5-8/h1-6H,7H2/i12+2. The molecule has 0 saturated carbocycles. The summed E-state index contributed by atoms with van der Waals surface area (Å²) in [6, 6.07) is 11.7. The van der Waals surface area contributed by atoms with Crippen molar-refractivity contribution in [2.45, 2.75) is 10.9 Å². The third-order valence-corrected chi connectivity index (χ3v) is 3.80. The lowest BCUT2D eigenvalue weighted by molar-refractivity contribution is 0.880. The van der Waals surface area contributed by atoms with Gasteiger partial charge in [-0.25, -0.2) is 0 Å². The van der Waals surface area contributed by atoms with Crippen LogP contribution in [0, 0.1) is 0 Å². The molecule has 0 unspecified atom stereocenters. The minimum atomic E-state index is 0.310. The summed E-state index contributed by atoms with van der Waals surface area (Å²) in [5.41, 5.74) is 1.21. The summed E-state index contributed by atoms with van der Waals surface area (Å²) in [6.07, 6.45) is 0. The molecule has 3 rings (SSSR count). The molecule has 0 aliphatic carbocycles. The first kappa shape index (κ1) is 12.7. The van der Waals surface area contributed by atoms with E-state index < -0.39 is 0 Å². The first-order valence-corrected chi connectivity index (χ1v) is 7.22. The zero-order valence-corrected chi connectivity index (χ0v) is 12.0. The highest BCUT2D eigenvalue weighted by molar-refractivity contribution is 7.98. The minimum Gasteiger partial charge on any atom is -0.199 e. The summed E-state index contributed by atoms with van der Waals surface area (Å²) in [5, 5.41) is 5.62. The summed E-state index contributed by atoms with van der Waals surface area (Å²) in [6.45, 7) is 0. The molecule has 0 spiro atoms. The molecule has 0 N–H and O–H groups in total. The van der Waals surface area contributed by atoms with Gasteiger partial charge in [-0.15, -0.1) is 5.10 Å². The summed E-state index contributed by atoms with van der Waals surface area (Å²) in [4.78, 5) is 8.35. The molecule has 19 heavy (non-hydrogen) atoms. The molecule has 0 fully saturated rings. The van der Waals surface area contributed by atoms with Crippen LogP contribution in [0.5, 0.6) is 0 Å². The van der Waals surface area contributed by atoms with E-state index in [1.165, 1.54) is 27.9 Å². The van der Waals surface area contributed by atoms with Crippen molar-refractivity contribution in [3.8, 4) is 0 Å². The quantitative estimate of drug-likeness (QED) is 0.546.